The highest BCUT2D eigenvalue weighted by atomic mass is 32.2. The number of aryl methyl sites for hydroxylation is 2. The van der Waals surface area contributed by atoms with Crippen LogP contribution in [0, 0.1) is 55.1 Å². The maximum atomic E-state index is 13.9. The van der Waals surface area contributed by atoms with Gasteiger partial charge in [-0.1, -0.05) is 7.43 Å². The molecule has 0 radical (unpaired) electrons. The van der Waals surface area contributed by atoms with E-state index in [9.17, 15) is 64.6 Å². The summed E-state index contributed by atoms with van der Waals surface area (Å²) in [6.07, 6.45) is 3.48. The molecule has 29 heteroatoms. The van der Waals surface area contributed by atoms with Gasteiger partial charge in [0.15, 0.2) is 34.6 Å². The van der Waals surface area contributed by atoms with E-state index in [0.29, 0.717) is 22.9 Å². The number of hydrogen-bond acceptors (Lipinski definition) is 18. The van der Waals surface area contributed by atoms with E-state index in [1.807, 2.05) is 0 Å². The third kappa shape index (κ3) is 12.3. The number of aromatic nitrogens is 6. The molecular weight excluding hydrogens is 1010 g/mol. The standard InChI is InChI=1S/C21H14F3N5O5.C15H11F2N3O4S.C7H7FN2O3.CH4/c1-28-19-10(5-18(20(28)30)34-16-4-3-11(22)6-13(16)24)9-25-21(27-19)26-14-8-15(29(31)32)12(23)7-17(14)33-2;1-20-13-8(7-18-15(19-13)25(2,22)23)5-12(14(20)21)24-11-4-3-9(16)6-10(11)17;1-13-7-2-4(8)6(10(11)12)3-5(7)9;/h3-9H,1-2H3,(H,25,26,27);3-7H,1-2H3;2-3H,9H2,1H3;1H4. The number of nitrogens with one attached hydrogen (secondary N) is 1. The Balaban J connectivity index is 0.000000222. The SMILES string of the molecule is C.COc1cc(F)c([N+](=O)[O-])cc1N.COc1cc(F)c([N+](=O)[O-])cc1Nc1ncc2cc(Oc3ccc(F)cc3F)c(=O)n(C)c2n1.Cn1c(=O)c(Oc2ccc(F)cc2F)cc2cnc(S(C)(=O)=O)nc21. The van der Waals surface area contributed by atoms with Gasteiger partial charge < -0.3 is 30.0 Å². The van der Waals surface area contributed by atoms with Crippen molar-refractivity contribution in [3.05, 3.63) is 161 Å². The number of sulfone groups is 1. The second-order valence-electron chi connectivity index (χ2n) is 14.5. The van der Waals surface area contributed by atoms with Gasteiger partial charge in [-0.3, -0.25) is 39.0 Å². The molecule has 382 valence electrons. The molecule has 8 rings (SSSR count). The van der Waals surface area contributed by atoms with Crippen molar-refractivity contribution in [2.45, 2.75) is 12.6 Å². The van der Waals surface area contributed by atoms with E-state index >= 15 is 0 Å². The molecule has 0 spiro atoms. The highest BCUT2D eigenvalue weighted by Crippen LogP contribution is 2.34. The van der Waals surface area contributed by atoms with Gasteiger partial charge in [-0.25, -0.2) is 35.9 Å². The fraction of sp³-hybridized carbons (Fsp3) is 0.136. The molecule has 0 bridgehead atoms. The van der Waals surface area contributed by atoms with Crippen LogP contribution in [0.3, 0.4) is 0 Å². The highest BCUT2D eigenvalue weighted by molar-refractivity contribution is 7.90. The van der Waals surface area contributed by atoms with E-state index in [0.717, 1.165) is 63.9 Å². The summed E-state index contributed by atoms with van der Waals surface area (Å²) in [5.41, 5.74) is 2.84. The van der Waals surface area contributed by atoms with E-state index in [2.05, 4.69) is 30.0 Å². The smallest absolute Gasteiger partial charge is 0.307 e. The van der Waals surface area contributed by atoms with Crippen LogP contribution >= 0.6 is 0 Å². The molecule has 0 unspecified atom stereocenters. The summed E-state index contributed by atoms with van der Waals surface area (Å²) >= 11 is 0. The third-order valence-electron chi connectivity index (χ3n) is 9.58. The Kier molecular flexibility index (Phi) is 16.5. The molecule has 0 fully saturated rings. The number of rotatable bonds is 11. The van der Waals surface area contributed by atoms with Crippen molar-refractivity contribution in [2.75, 3.05) is 31.5 Å². The first-order chi connectivity index (χ1) is 33.9. The molecule has 3 N–H and O–H groups in total. The quantitative estimate of drug-likeness (QED) is 0.0408. The summed E-state index contributed by atoms with van der Waals surface area (Å²) < 4.78 is 126. The van der Waals surface area contributed by atoms with Crippen molar-refractivity contribution in [1.82, 2.24) is 29.1 Å². The van der Waals surface area contributed by atoms with Crippen LogP contribution in [0.4, 0.5) is 55.0 Å². The van der Waals surface area contributed by atoms with Crippen LogP contribution in [-0.4, -0.2) is 67.8 Å². The van der Waals surface area contributed by atoms with Crippen LogP contribution in [0.5, 0.6) is 34.5 Å². The minimum Gasteiger partial charge on any atom is -0.494 e. The minimum atomic E-state index is -3.65. The van der Waals surface area contributed by atoms with Crippen LogP contribution in [0.15, 0.2) is 99.9 Å². The molecule has 0 saturated carbocycles. The molecule has 73 heavy (non-hydrogen) atoms. The topological polar surface area (TPSA) is 291 Å². The van der Waals surface area contributed by atoms with E-state index in [4.69, 9.17) is 19.9 Å². The first-order valence-corrected chi connectivity index (χ1v) is 21.6. The number of pyridine rings is 2. The van der Waals surface area contributed by atoms with Gasteiger partial charge in [0.2, 0.25) is 32.6 Å². The average Bonchev–Trinajstić information content (AvgIpc) is 3.32. The highest BCUT2D eigenvalue weighted by Gasteiger charge is 2.22. The lowest BCUT2D eigenvalue weighted by molar-refractivity contribution is -0.387. The number of nitro benzene ring substituents is 2. The number of ether oxygens (including phenoxy) is 4. The molecule has 0 aliphatic carbocycles. The van der Waals surface area contributed by atoms with Crippen molar-refractivity contribution in [3.63, 3.8) is 0 Å². The summed E-state index contributed by atoms with van der Waals surface area (Å²) in [5, 5.41) is 24.2. The summed E-state index contributed by atoms with van der Waals surface area (Å²) in [6, 6.07) is 11.4. The molecule has 8 aromatic rings. The first kappa shape index (κ1) is 54.5. The number of fused-ring (bicyclic) bond motifs is 2. The number of nitro groups is 2. The number of benzene rings is 4. The maximum absolute atomic E-state index is 13.9. The van der Waals surface area contributed by atoms with Gasteiger partial charge in [0, 0.05) is 79.9 Å². The Bertz CT molecular complexity index is 3720. The molecule has 0 atom stereocenters. The molecule has 22 nitrogen and oxygen atoms in total. The lowest BCUT2D eigenvalue weighted by Crippen LogP contribution is -2.20. The van der Waals surface area contributed by atoms with Crippen LogP contribution in [0.1, 0.15) is 7.43 Å². The predicted octanol–water partition coefficient (Wildman–Crippen LogP) is 7.96. The Labute approximate surface area is 406 Å². The minimum absolute atomic E-state index is 0. The lowest BCUT2D eigenvalue weighted by atomic mass is 10.2. The zero-order valence-corrected chi connectivity index (χ0v) is 38.1. The normalized spacial score (nSPS) is 10.8. The van der Waals surface area contributed by atoms with Gasteiger partial charge >= 0.3 is 11.4 Å². The van der Waals surface area contributed by atoms with Gasteiger partial charge in [-0.2, -0.15) is 18.7 Å². The van der Waals surface area contributed by atoms with E-state index < -0.39 is 82.2 Å². The van der Waals surface area contributed by atoms with Gasteiger partial charge in [0.1, 0.15) is 34.4 Å². The Morgan fingerprint density at radius 1 is 0.616 bits per heavy atom. The van der Waals surface area contributed by atoms with E-state index in [-0.39, 0.29) is 70.5 Å². The molecule has 4 aromatic carbocycles. The summed E-state index contributed by atoms with van der Waals surface area (Å²) in [5.74, 6) is -6.76. The number of hydrogen-bond donors (Lipinski definition) is 2. The summed E-state index contributed by atoms with van der Waals surface area (Å²) in [4.78, 5) is 60.6. The molecule has 0 amide bonds. The molecule has 0 saturated heterocycles. The second kappa shape index (κ2) is 22.1. The van der Waals surface area contributed by atoms with Gasteiger partial charge in [-0.05, 0) is 36.4 Å². The van der Waals surface area contributed by atoms with Gasteiger partial charge in [-0.15, -0.1) is 0 Å². The molecule has 0 aliphatic heterocycles. The van der Waals surface area contributed by atoms with Crippen LogP contribution in [0.2, 0.25) is 0 Å². The lowest BCUT2D eigenvalue weighted by Gasteiger charge is -2.13. The average molecular weight is 1040 g/mol. The van der Waals surface area contributed by atoms with E-state index in [1.165, 1.54) is 52.8 Å². The zero-order valence-electron chi connectivity index (χ0n) is 37.3. The van der Waals surface area contributed by atoms with Crippen molar-refractivity contribution >= 4 is 60.6 Å². The largest absolute Gasteiger partial charge is 0.494 e. The Hall–Kier alpha value is -9.41. The molecule has 4 heterocycles. The summed E-state index contributed by atoms with van der Waals surface area (Å²) in [6.45, 7) is 0. The molecule has 4 aromatic heterocycles. The Morgan fingerprint density at radius 2 is 1.07 bits per heavy atom. The van der Waals surface area contributed by atoms with Crippen LogP contribution in [0.25, 0.3) is 22.1 Å². The van der Waals surface area contributed by atoms with Crippen molar-refractivity contribution in [3.8, 4) is 34.5 Å². The van der Waals surface area contributed by atoms with Gasteiger partial charge in [0.25, 0.3) is 11.1 Å². The molecular formula is C44H36F6N10O12S. The third-order valence-corrected chi connectivity index (χ3v) is 10.4. The monoisotopic (exact) mass is 1040 g/mol. The fourth-order valence-corrected chi connectivity index (χ4v) is 6.60. The summed E-state index contributed by atoms with van der Waals surface area (Å²) in [7, 11) is 1.65. The van der Waals surface area contributed by atoms with Gasteiger partial charge in [0.05, 0.1) is 35.4 Å². The maximum Gasteiger partial charge on any atom is 0.307 e. The van der Waals surface area contributed by atoms with Crippen LogP contribution < -0.4 is 41.1 Å². The number of methoxy groups -OCH3 is 2. The fourth-order valence-electron chi connectivity index (χ4n) is 6.10. The van der Waals surface area contributed by atoms with E-state index in [1.54, 1.807) is 0 Å². The second-order valence-corrected chi connectivity index (χ2v) is 16.4. The van der Waals surface area contributed by atoms with Crippen molar-refractivity contribution in [2.24, 2.45) is 14.1 Å². The molecule has 0 aliphatic rings. The Morgan fingerprint density at radius 3 is 1.52 bits per heavy atom. The zero-order chi connectivity index (χ0) is 52.9. The first-order valence-electron chi connectivity index (χ1n) is 19.7. The number of anilines is 3. The number of nitrogen functional groups attached to an aromatic ring is 1. The number of nitrogens with two attached hydrogens (primary N) is 1. The van der Waals surface area contributed by atoms with Crippen LogP contribution in [-0.2, 0) is 23.9 Å². The van der Waals surface area contributed by atoms with Crippen molar-refractivity contribution < 1.29 is 63.6 Å². The number of halogens is 6. The number of nitrogens with zero attached hydrogens (tertiary/aromatic N) is 8. The predicted molar refractivity (Wildman–Crippen MR) is 249 cm³/mol. The van der Waals surface area contributed by atoms with Crippen molar-refractivity contribution in [1.29, 1.82) is 0 Å².